The van der Waals surface area contributed by atoms with Gasteiger partial charge in [-0.15, -0.1) is 0 Å². The Balaban J connectivity index is 1.70. The summed E-state index contributed by atoms with van der Waals surface area (Å²) in [6.45, 7) is 2.98. The third-order valence-corrected chi connectivity index (χ3v) is 5.29. The summed E-state index contributed by atoms with van der Waals surface area (Å²) in [6, 6.07) is 5.95. The van der Waals surface area contributed by atoms with Gasteiger partial charge in [-0.2, -0.15) is 4.98 Å². The maximum absolute atomic E-state index is 5.95. The summed E-state index contributed by atoms with van der Waals surface area (Å²) in [7, 11) is 1.66. The lowest BCUT2D eigenvalue weighted by Gasteiger charge is -2.13. The van der Waals surface area contributed by atoms with E-state index in [1.54, 1.807) is 13.3 Å². The Morgan fingerprint density at radius 2 is 1.53 bits per heavy atom. The monoisotopic (exact) mass is 414 g/mol. The van der Waals surface area contributed by atoms with Crippen molar-refractivity contribution in [2.24, 2.45) is 0 Å². The third kappa shape index (κ3) is 8.47. The largest absolute Gasteiger partial charge is 0.493 e. The van der Waals surface area contributed by atoms with Crippen LogP contribution in [0.25, 0.3) is 0 Å². The highest BCUT2D eigenvalue weighted by Gasteiger charge is 2.09. The molecule has 1 heterocycles. The molecular formula is C24H38N4O2. The minimum atomic E-state index is 0.185. The summed E-state index contributed by atoms with van der Waals surface area (Å²) in [4.78, 5) is 8.03. The number of ether oxygens (including phenoxy) is 2. The molecule has 2 rings (SSSR count). The molecule has 0 aliphatic heterocycles. The molecule has 30 heavy (non-hydrogen) atoms. The second-order valence-corrected chi connectivity index (χ2v) is 7.83. The summed E-state index contributed by atoms with van der Waals surface area (Å²) in [6.07, 6.45) is 15.4. The molecule has 0 unspecified atom stereocenters. The van der Waals surface area contributed by atoms with Crippen LogP contribution in [0.2, 0.25) is 0 Å². The van der Waals surface area contributed by atoms with Gasteiger partial charge >= 0.3 is 0 Å². The highest BCUT2D eigenvalue weighted by molar-refractivity contribution is 5.48. The van der Waals surface area contributed by atoms with Crippen molar-refractivity contribution in [3.63, 3.8) is 0 Å². The lowest BCUT2D eigenvalue weighted by atomic mass is 10.1. The molecule has 1 aromatic heterocycles. The zero-order chi connectivity index (χ0) is 21.6. The van der Waals surface area contributed by atoms with Crippen LogP contribution in [0.15, 0.2) is 24.4 Å². The SMILES string of the molecule is CCCCCCCCCCCCOc1ccc(Cc2cnc(N)nc2N)cc1OC. The van der Waals surface area contributed by atoms with E-state index in [2.05, 4.69) is 16.9 Å². The minimum Gasteiger partial charge on any atom is -0.493 e. The molecule has 0 atom stereocenters. The van der Waals surface area contributed by atoms with Crippen molar-refractivity contribution in [2.45, 2.75) is 77.6 Å². The Bertz CT molecular complexity index is 752. The number of hydrogen-bond donors (Lipinski definition) is 2. The fourth-order valence-corrected chi connectivity index (χ4v) is 3.50. The normalized spacial score (nSPS) is 10.9. The van der Waals surface area contributed by atoms with Crippen LogP contribution in [0.4, 0.5) is 11.8 Å². The average Bonchev–Trinajstić information content (AvgIpc) is 2.74. The average molecular weight is 415 g/mol. The van der Waals surface area contributed by atoms with Crippen molar-refractivity contribution >= 4 is 11.8 Å². The van der Waals surface area contributed by atoms with E-state index in [0.29, 0.717) is 18.8 Å². The standard InChI is InChI=1S/C24H38N4O2/c1-3-4-5-6-7-8-9-10-11-12-15-30-21-14-13-19(17-22(21)29-2)16-20-18-27-24(26)28-23(20)25/h13-14,17-18H,3-12,15-16H2,1-2H3,(H4,25,26,27,28). The second-order valence-electron chi connectivity index (χ2n) is 7.83. The van der Waals surface area contributed by atoms with Crippen LogP contribution in [0, 0.1) is 0 Å². The first-order valence-electron chi connectivity index (χ1n) is 11.3. The zero-order valence-corrected chi connectivity index (χ0v) is 18.7. The first-order valence-corrected chi connectivity index (χ1v) is 11.3. The van der Waals surface area contributed by atoms with Gasteiger partial charge in [0.05, 0.1) is 13.7 Å². The Labute approximate surface area is 181 Å². The van der Waals surface area contributed by atoms with Gasteiger partial charge in [-0.25, -0.2) is 4.98 Å². The Kier molecular flexibility index (Phi) is 10.8. The number of nitrogens with two attached hydrogens (primary N) is 2. The second kappa shape index (κ2) is 13.7. The quantitative estimate of drug-likeness (QED) is 0.371. The molecule has 6 nitrogen and oxygen atoms in total. The predicted molar refractivity (Wildman–Crippen MR) is 124 cm³/mol. The van der Waals surface area contributed by atoms with Crippen LogP contribution in [0.5, 0.6) is 11.5 Å². The van der Waals surface area contributed by atoms with E-state index in [9.17, 15) is 0 Å². The fraction of sp³-hybridized carbons (Fsp3) is 0.583. The predicted octanol–water partition coefficient (Wildman–Crippen LogP) is 5.54. The molecule has 0 aliphatic carbocycles. The molecular weight excluding hydrogens is 376 g/mol. The Morgan fingerprint density at radius 3 is 2.17 bits per heavy atom. The molecule has 2 aromatic rings. The van der Waals surface area contributed by atoms with Crippen LogP contribution in [-0.4, -0.2) is 23.7 Å². The summed E-state index contributed by atoms with van der Waals surface area (Å²) < 4.78 is 11.5. The van der Waals surface area contributed by atoms with E-state index >= 15 is 0 Å². The molecule has 0 fully saturated rings. The van der Waals surface area contributed by atoms with Crippen LogP contribution >= 0.6 is 0 Å². The number of benzene rings is 1. The van der Waals surface area contributed by atoms with Gasteiger partial charge in [0.25, 0.3) is 0 Å². The molecule has 4 N–H and O–H groups in total. The molecule has 0 amide bonds. The third-order valence-electron chi connectivity index (χ3n) is 5.29. The number of aromatic nitrogens is 2. The van der Waals surface area contributed by atoms with Gasteiger partial charge < -0.3 is 20.9 Å². The smallest absolute Gasteiger partial charge is 0.221 e. The van der Waals surface area contributed by atoms with E-state index < -0.39 is 0 Å². The number of hydrogen-bond acceptors (Lipinski definition) is 6. The number of rotatable bonds is 15. The molecule has 6 heteroatoms. The molecule has 0 bridgehead atoms. The topological polar surface area (TPSA) is 96.3 Å². The van der Waals surface area contributed by atoms with E-state index in [1.807, 2.05) is 18.2 Å². The minimum absolute atomic E-state index is 0.185. The van der Waals surface area contributed by atoms with Gasteiger partial charge in [-0.05, 0) is 24.1 Å². The van der Waals surface area contributed by atoms with Gasteiger partial charge in [0.15, 0.2) is 11.5 Å². The number of unbranched alkanes of at least 4 members (excludes halogenated alkanes) is 9. The molecule has 0 radical (unpaired) electrons. The Hall–Kier alpha value is -2.50. The van der Waals surface area contributed by atoms with Crippen molar-refractivity contribution in [1.29, 1.82) is 0 Å². The van der Waals surface area contributed by atoms with Crippen LogP contribution in [0.1, 0.15) is 82.3 Å². The van der Waals surface area contributed by atoms with Crippen molar-refractivity contribution in [2.75, 3.05) is 25.2 Å². The highest BCUT2D eigenvalue weighted by atomic mass is 16.5. The highest BCUT2D eigenvalue weighted by Crippen LogP contribution is 2.29. The number of methoxy groups -OCH3 is 1. The lowest BCUT2D eigenvalue weighted by molar-refractivity contribution is 0.284. The summed E-state index contributed by atoms with van der Waals surface area (Å²) in [5, 5.41) is 0. The molecule has 166 valence electrons. The van der Waals surface area contributed by atoms with Crippen molar-refractivity contribution in [3.05, 3.63) is 35.5 Å². The van der Waals surface area contributed by atoms with E-state index in [1.165, 1.54) is 57.8 Å². The van der Waals surface area contributed by atoms with E-state index in [0.717, 1.165) is 29.0 Å². The van der Waals surface area contributed by atoms with E-state index in [4.69, 9.17) is 20.9 Å². The first kappa shape index (κ1) is 23.8. The fourth-order valence-electron chi connectivity index (χ4n) is 3.50. The summed E-state index contributed by atoms with van der Waals surface area (Å²) in [5.74, 6) is 2.10. The van der Waals surface area contributed by atoms with Crippen LogP contribution in [-0.2, 0) is 6.42 Å². The summed E-state index contributed by atoms with van der Waals surface area (Å²) >= 11 is 0. The van der Waals surface area contributed by atoms with Crippen molar-refractivity contribution in [1.82, 2.24) is 9.97 Å². The number of anilines is 2. The first-order chi connectivity index (χ1) is 14.6. The van der Waals surface area contributed by atoms with Gasteiger partial charge in [0, 0.05) is 18.2 Å². The zero-order valence-electron chi connectivity index (χ0n) is 18.7. The van der Waals surface area contributed by atoms with Gasteiger partial charge in [-0.3, -0.25) is 0 Å². The molecule has 0 saturated carbocycles. The maximum atomic E-state index is 5.95. The van der Waals surface area contributed by atoms with Gasteiger partial charge in [0.2, 0.25) is 5.95 Å². The summed E-state index contributed by atoms with van der Waals surface area (Å²) in [5.41, 5.74) is 13.4. The van der Waals surface area contributed by atoms with E-state index in [-0.39, 0.29) is 5.95 Å². The Morgan fingerprint density at radius 1 is 0.867 bits per heavy atom. The molecule has 0 spiro atoms. The van der Waals surface area contributed by atoms with Gasteiger partial charge in [0.1, 0.15) is 5.82 Å². The maximum Gasteiger partial charge on any atom is 0.221 e. The van der Waals surface area contributed by atoms with Crippen molar-refractivity contribution < 1.29 is 9.47 Å². The van der Waals surface area contributed by atoms with Crippen LogP contribution in [0.3, 0.4) is 0 Å². The number of nitrogen functional groups attached to an aromatic ring is 2. The molecule has 1 aromatic carbocycles. The van der Waals surface area contributed by atoms with Gasteiger partial charge in [-0.1, -0.05) is 70.8 Å². The molecule has 0 aliphatic rings. The van der Waals surface area contributed by atoms with Crippen LogP contribution < -0.4 is 20.9 Å². The lowest BCUT2D eigenvalue weighted by Crippen LogP contribution is -2.04. The van der Waals surface area contributed by atoms with Crippen molar-refractivity contribution in [3.8, 4) is 11.5 Å². The molecule has 0 saturated heterocycles. The number of nitrogens with zero attached hydrogens (tertiary/aromatic N) is 2.